The third kappa shape index (κ3) is 4.18. The molecule has 0 saturated carbocycles. The number of ether oxygens (including phenoxy) is 1. The zero-order valence-electron chi connectivity index (χ0n) is 21.2. The van der Waals surface area contributed by atoms with Crippen LogP contribution in [0.15, 0.2) is 79.1 Å². The molecule has 6 rings (SSSR count). The van der Waals surface area contributed by atoms with Crippen molar-refractivity contribution in [3.05, 3.63) is 102 Å². The van der Waals surface area contributed by atoms with E-state index in [-0.39, 0.29) is 0 Å². The highest BCUT2D eigenvalue weighted by Gasteiger charge is 2.22. The summed E-state index contributed by atoms with van der Waals surface area (Å²) in [6.45, 7) is 4.03. The van der Waals surface area contributed by atoms with Crippen molar-refractivity contribution >= 4 is 22.4 Å². The Balaban J connectivity index is 1.56. The zero-order valence-corrected chi connectivity index (χ0v) is 21.2. The van der Waals surface area contributed by atoms with Crippen LogP contribution in [0.5, 0.6) is 5.88 Å². The Morgan fingerprint density at radius 3 is 2.63 bits per heavy atom. The third-order valence-corrected chi connectivity index (χ3v) is 6.33. The molecule has 0 amide bonds. The highest BCUT2D eigenvalue weighted by Crippen LogP contribution is 2.37. The van der Waals surface area contributed by atoms with E-state index < -0.39 is 0 Å². The van der Waals surface area contributed by atoms with Gasteiger partial charge in [0.1, 0.15) is 22.9 Å². The molecule has 184 valence electrons. The second-order valence-electron chi connectivity index (χ2n) is 9.04. The lowest BCUT2D eigenvalue weighted by atomic mass is 10.0. The number of hydrogen-bond donors (Lipinski definition) is 1. The van der Waals surface area contributed by atoms with E-state index >= 15 is 0 Å². The van der Waals surface area contributed by atoms with Gasteiger partial charge >= 0.3 is 0 Å². The van der Waals surface area contributed by atoms with Gasteiger partial charge in [0.15, 0.2) is 0 Å². The predicted octanol–water partition coefficient (Wildman–Crippen LogP) is 5.61. The fourth-order valence-electron chi connectivity index (χ4n) is 4.52. The smallest absolute Gasteiger partial charge is 0.222 e. The molecule has 5 aromatic heterocycles. The Kier molecular flexibility index (Phi) is 5.70. The molecule has 0 radical (unpaired) electrons. The Hall–Kier alpha value is -5.22. The Morgan fingerprint density at radius 2 is 1.76 bits per heavy atom. The van der Waals surface area contributed by atoms with Crippen molar-refractivity contribution in [2.45, 2.75) is 13.8 Å². The monoisotopic (exact) mass is 496 g/mol. The third-order valence-electron chi connectivity index (χ3n) is 6.33. The number of methoxy groups -OCH3 is 1. The maximum Gasteiger partial charge on any atom is 0.222 e. The largest absolute Gasteiger partial charge is 0.481 e. The second-order valence-corrected chi connectivity index (χ2v) is 9.04. The summed E-state index contributed by atoms with van der Waals surface area (Å²) < 4.78 is 7.62. The average molecular weight is 497 g/mol. The molecule has 0 saturated heterocycles. The molecular weight excluding hydrogens is 472 g/mol. The number of aromatic nitrogens is 5. The van der Waals surface area contributed by atoms with Crippen LogP contribution in [0, 0.1) is 25.7 Å². The molecular formula is C31H24N6O. The lowest BCUT2D eigenvalue weighted by Gasteiger charge is -2.10. The molecule has 0 aliphatic carbocycles. The summed E-state index contributed by atoms with van der Waals surface area (Å²) in [5.41, 5.74) is 14.5. The van der Waals surface area contributed by atoms with Gasteiger partial charge < -0.3 is 10.5 Å². The van der Waals surface area contributed by atoms with Gasteiger partial charge in [0.05, 0.1) is 23.9 Å². The van der Waals surface area contributed by atoms with Crippen molar-refractivity contribution in [3.8, 4) is 40.2 Å². The van der Waals surface area contributed by atoms with Crippen LogP contribution in [0.2, 0.25) is 0 Å². The fourth-order valence-corrected chi connectivity index (χ4v) is 4.52. The number of anilines is 1. The molecule has 2 N–H and O–H groups in total. The first-order chi connectivity index (χ1) is 18.5. The molecule has 0 unspecified atom stereocenters. The SMILES string of the molecule is COc1ncccc1-c1nc2cc(C)ccn2c1-c1ccc(N)nc1C#Cc1ccc2nc(C)ccc2c1. The minimum absolute atomic E-state index is 0.390. The number of aryl methyl sites for hydroxylation is 2. The number of imidazole rings is 1. The van der Waals surface area contributed by atoms with Gasteiger partial charge in [-0.3, -0.25) is 9.38 Å². The Labute approximate surface area is 220 Å². The minimum atomic E-state index is 0.390. The van der Waals surface area contributed by atoms with Gasteiger partial charge in [-0.15, -0.1) is 0 Å². The molecule has 0 spiro atoms. The quantitative estimate of drug-likeness (QED) is 0.320. The molecule has 7 nitrogen and oxygen atoms in total. The highest BCUT2D eigenvalue weighted by atomic mass is 16.5. The van der Waals surface area contributed by atoms with Gasteiger partial charge in [-0.25, -0.2) is 15.0 Å². The molecule has 0 bridgehead atoms. The first-order valence-corrected chi connectivity index (χ1v) is 12.1. The van der Waals surface area contributed by atoms with Crippen LogP contribution in [0.4, 0.5) is 5.82 Å². The van der Waals surface area contributed by atoms with E-state index in [1.54, 1.807) is 19.4 Å². The van der Waals surface area contributed by atoms with Crippen molar-refractivity contribution in [3.63, 3.8) is 0 Å². The summed E-state index contributed by atoms with van der Waals surface area (Å²) in [4.78, 5) is 18.6. The van der Waals surface area contributed by atoms with E-state index in [4.69, 9.17) is 15.5 Å². The number of hydrogen-bond acceptors (Lipinski definition) is 6. The van der Waals surface area contributed by atoms with Gasteiger partial charge in [-0.2, -0.15) is 0 Å². The first-order valence-electron chi connectivity index (χ1n) is 12.1. The van der Waals surface area contributed by atoms with Crippen LogP contribution in [-0.4, -0.2) is 31.4 Å². The number of nitrogens with two attached hydrogens (primary N) is 1. The molecule has 7 heteroatoms. The van der Waals surface area contributed by atoms with Crippen molar-refractivity contribution in [2.24, 2.45) is 0 Å². The average Bonchev–Trinajstić information content (AvgIpc) is 3.30. The van der Waals surface area contributed by atoms with Crippen LogP contribution >= 0.6 is 0 Å². The van der Waals surface area contributed by atoms with Crippen molar-refractivity contribution < 1.29 is 4.74 Å². The molecule has 0 aliphatic heterocycles. The molecule has 1 aromatic carbocycles. The van der Waals surface area contributed by atoms with E-state index in [0.717, 1.165) is 55.9 Å². The zero-order chi connectivity index (χ0) is 26.2. The van der Waals surface area contributed by atoms with Crippen LogP contribution in [-0.2, 0) is 0 Å². The second kappa shape index (κ2) is 9.34. The van der Waals surface area contributed by atoms with Crippen LogP contribution in [0.3, 0.4) is 0 Å². The van der Waals surface area contributed by atoms with Crippen LogP contribution in [0.1, 0.15) is 22.5 Å². The summed E-state index contributed by atoms with van der Waals surface area (Å²) in [6, 6.07) is 21.7. The number of pyridine rings is 4. The lowest BCUT2D eigenvalue weighted by Crippen LogP contribution is -1.99. The Bertz CT molecular complexity index is 1910. The van der Waals surface area contributed by atoms with Gasteiger partial charge in [0, 0.05) is 34.6 Å². The predicted molar refractivity (Wildman–Crippen MR) is 150 cm³/mol. The summed E-state index contributed by atoms with van der Waals surface area (Å²) in [7, 11) is 1.60. The first kappa shape index (κ1) is 23.2. The van der Waals surface area contributed by atoms with Crippen molar-refractivity contribution in [2.75, 3.05) is 12.8 Å². The molecule has 38 heavy (non-hydrogen) atoms. The summed E-state index contributed by atoms with van der Waals surface area (Å²) >= 11 is 0. The van der Waals surface area contributed by atoms with Crippen molar-refractivity contribution in [1.82, 2.24) is 24.3 Å². The topological polar surface area (TPSA) is 91.2 Å². The standard InChI is InChI=1S/C31H24N6O/c1-19-14-16-37-28(17-19)36-29(24-5-4-15-33-31(24)38-3)30(37)23-10-13-27(32)35-26(23)12-8-21-7-11-25-22(18-21)9-6-20(2)34-25/h4-7,9-11,13-18H,1-3H3,(H2,32,35). The molecule has 0 fully saturated rings. The van der Waals surface area contributed by atoms with E-state index in [1.165, 1.54) is 0 Å². The summed E-state index contributed by atoms with van der Waals surface area (Å²) in [5, 5.41) is 1.03. The highest BCUT2D eigenvalue weighted by molar-refractivity contribution is 5.86. The van der Waals surface area contributed by atoms with E-state index in [1.807, 2.05) is 79.0 Å². The van der Waals surface area contributed by atoms with Crippen LogP contribution in [0.25, 0.3) is 39.1 Å². The normalized spacial score (nSPS) is 10.9. The molecule has 6 aromatic rings. The van der Waals surface area contributed by atoms with E-state index in [0.29, 0.717) is 17.4 Å². The maximum absolute atomic E-state index is 6.13. The number of fused-ring (bicyclic) bond motifs is 2. The Morgan fingerprint density at radius 1 is 0.868 bits per heavy atom. The van der Waals surface area contributed by atoms with E-state index in [2.05, 4.69) is 32.9 Å². The van der Waals surface area contributed by atoms with Gasteiger partial charge in [-0.05, 0) is 86.0 Å². The van der Waals surface area contributed by atoms with E-state index in [9.17, 15) is 0 Å². The number of benzene rings is 1. The fraction of sp³-hybridized carbons (Fsp3) is 0.0968. The maximum atomic E-state index is 6.13. The minimum Gasteiger partial charge on any atom is -0.481 e. The number of nitrogen functional groups attached to an aromatic ring is 1. The number of rotatable bonds is 3. The molecule has 0 aliphatic rings. The summed E-state index contributed by atoms with van der Waals surface area (Å²) in [6.07, 6.45) is 3.70. The van der Waals surface area contributed by atoms with Crippen molar-refractivity contribution in [1.29, 1.82) is 0 Å². The number of nitrogens with zero attached hydrogens (tertiary/aromatic N) is 5. The lowest BCUT2D eigenvalue weighted by molar-refractivity contribution is 0.399. The summed E-state index contributed by atoms with van der Waals surface area (Å²) in [5.74, 6) is 7.42. The van der Waals surface area contributed by atoms with Gasteiger partial charge in [-0.1, -0.05) is 12.0 Å². The van der Waals surface area contributed by atoms with Gasteiger partial charge in [0.2, 0.25) is 5.88 Å². The van der Waals surface area contributed by atoms with Gasteiger partial charge in [0.25, 0.3) is 0 Å². The molecule has 0 atom stereocenters. The van der Waals surface area contributed by atoms with Crippen LogP contribution < -0.4 is 10.5 Å². The molecule has 5 heterocycles.